The van der Waals surface area contributed by atoms with Gasteiger partial charge >= 0.3 is 20.4 Å². The number of phenols is 2. The minimum atomic E-state index is -4.06. The van der Waals surface area contributed by atoms with Gasteiger partial charge in [0.2, 0.25) is 0 Å². The molecule has 0 unspecified atom stereocenters. The van der Waals surface area contributed by atoms with Gasteiger partial charge in [-0.1, -0.05) is 13.0 Å². The quantitative estimate of drug-likeness (QED) is 0.291. The Morgan fingerprint density at radius 1 is 0.860 bits per heavy atom. The predicted molar refractivity (Wildman–Crippen MR) is 155 cm³/mol. The molecule has 2 aromatic carbocycles. The Kier molecular flexibility index (Phi) is 9.31. The third kappa shape index (κ3) is 7.13. The largest absolute Gasteiger partial charge is 0.506 e. The number of nitrogens with zero attached hydrogens (tertiary/aromatic N) is 2. The van der Waals surface area contributed by atoms with Crippen molar-refractivity contribution in [3.05, 3.63) is 41.5 Å². The first-order valence-electron chi connectivity index (χ1n) is 12.4. The number of benzene rings is 2. The first-order chi connectivity index (χ1) is 19.6. The molecule has 0 radical (unpaired) electrons. The Balaban J connectivity index is 0.000000236. The van der Waals surface area contributed by atoms with E-state index < -0.39 is 81.7 Å². The molecular weight excluding hydrogens is 653 g/mol. The molecule has 0 aromatic heterocycles. The van der Waals surface area contributed by atoms with E-state index in [1.165, 1.54) is 44.2 Å². The lowest BCUT2D eigenvalue weighted by Gasteiger charge is -2.18. The van der Waals surface area contributed by atoms with Crippen LogP contribution in [0.2, 0.25) is 0 Å². The minimum Gasteiger partial charge on any atom is -0.506 e. The lowest BCUT2D eigenvalue weighted by molar-refractivity contribution is -0.118. The molecule has 2 aliphatic heterocycles. The summed E-state index contributed by atoms with van der Waals surface area (Å²) in [5, 5.41) is 19.5. The highest BCUT2D eigenvalue weighted by atomic mass is 32.2. The second kappa shape index (κ2) is 11.8. The van der Waals surface area contributed by atoms with E-state index in [1.54, 1.807) is 23.3 Å². The monoisotopic (exact) mass is 682 g/mol. The molecule has 2 saturated heterocycles. The number of hydrogen-bond acceptors (Lipinski definition) is 12. The average molecular weight is 683 g/mol. The number of carbonyl (C=O) groups is 2. The molecule has 0 aliphatic carbocycles. The first kappa shape index (κ1) is 33.9. The number of sulfone groups is 2. The fourth-order valence-corrected chi connectivity index (χ4v) is 8.40. The van der Waals surface area contributed by atoms with Crippen LogP contribution in [-0.2, 0) is 55.4 Å². The third-order valence-corrected chi connectivity index (χ3v) is 13.2. The van der Waals surface area contributed by atoms with Gasteiger partial charge in [0.05, 0.1) is 33.0 Å². The molecule has 0 saturated carbocycles. The molecule has 0 spiro atoms. The first-order valence-corrected chi connectivity index (χ1v) is 18.6. The Morgan fingerprint density at radius 2 is 1.35 bits per heavy atom. The summed E-state index contributed by atoms with van der Waals surface area (Å²) in [7, 11) is -15.0. The summed E-state index contributed by atoms with van der Waals surface area (Å²) in [4.78, 5) is 22.3. The summed E-state index contributed by atoms with van der Waals surface area (Å²) in [6.45, 7) is 5.05. The molecule has 16 nitrogen and oxygen atoms in total. The van der Waals surface area contributed by atoms with Crippen LogP contribution in [0.1, 0.15) is 31.9 Å². The van der Waals surface area contributed by atoms with Gasteiger partial charge in [-0.15, -0.1) is 0 Å². The molecule has 43 heavy (non-hydrogen) atoms. The predicted octanol–water partition coefficient (Wildman–Crippen LogP) is -0.428. The molecule has 2 heterocycles. The van der Waals surface area contributed by atoms with Crippen LogP contribution in [0, 0.1) is 6.92 Å². The molecule has 2 amide bonds. The minimum absolute atomic E-state index is 0.0453. The number of rotatable bonds is 7. The summed E-state index contributed by atoms with van der Waals surface area (Å²) < 4.78 is 99.4. The average Bonchev–Trinajstić information content (AvgIpc) is 3.31. The summed E-state index contributed by atoms with van der Waals surface area (Å²) in [6, 6.07) is 6.27. The van der Waals surface area contributed by atoms with Gasteiger partial charge in [0.15, 0.2) is 19.7 Å². The fourth-order valence-electron chi connectivity index (χ4n) is 3.95. The van der Waals surface area contributed by atoms with Gasteiger partial charge in [0, 0.05) is 5.56 Å². The lowest BCUT2D eigenvalue weighted by Crippen LogP contribution is -2.29. The van der Waals surface area contributed by atoms with E-state index in [0.717, 1.165) is 4.31 Å². The van der Waals surface area contributed by atoms with Gasteiger partial charge in [0.25, 0.3) is 11.8 Å². The molecule has 2 fully saturated rings. The Bertz CT molecular complexity index is 1910. The van der Waals surface area contributed by atoms with Crippen molar-refractivity contribution in [1.29, 1.82) is 0 Å². The lowest BCUT2D eigenvalue weighted by atomic mass is 10.2. The Morgan fingerprint density at radius 3 is 1.77 bits per heavy atom. The van der Waals surface area contributed by atoms with E-state index in [0.29, 0.717) is 9.87 Å². The van der Waals surface area contributed by atoms with Crippen molar-refractivity contribution in [2.45, 2.75) is 43.6 Å². The number of amides is 2. The molecule has 4 rings (SSSR count). The number of nitrogens with one attached hydrogen (secondary N) is 2. The van der Waals surface area contributed by atoms with Gasteiger partial charge in [-0.3, -0.25) is 9.59 Å². The summed E-state index contributed by atoms with van der Waals surface area (Å²) in [5.74, 6) is -2.72. The van der Waals surface area contributed by atoms with Gasteiger partial charge in [-0.05, 0) is 50.6 Å². The van der Waals surface area contributed by atoms with Crippen LogP contribution in [0.25, 0.3) is 0 Å². The van der Waals surface area contributed by atoms with Crippen LogP contribution in [-0.4, -0.2) is 79.8 Å². The number of phenolic OH excluding ortho intramolecular Hbond substituents is 2. The topological polar surface area (TPSA) is 242 Å². The van der Waals surface area contributed by atoms with Crippen LogP contribution in [0.3, 0.4) is 0 Å². The summed E-state index contributed by atoms with van der Waals surface area (Å²) >= 11 is 0. The van der Waals surface area contributed by atoms with Crippen molar-refractivity contribution in [3.8, 4) is 11.5 Å². The van der Waals surface area contributed by atoms with Crippen molar-refractivity contribution >= 4 is 63.3 Å². The van der Waals surface area contributed by atoms with Crippen molar-refractivity contribution in [2.75, 3.05) is 27.5 Å². The maximum atomic E-state index is 11.9. The highest BCUT2D eigenvalue weighted by molar-refractivity contribution is 7.92. The van der Waals surface area contributed by atoms with Crippen molar-refractivity contribution in [2.24, 2.45) is 0 Å². The molecule has 0 bridgehead atoms. The van der Waals surface area contributed by atoms with Crippen molar-refractivity contribution in [3.63, 3.8) is 0 Å². The molecule has 2 aliphatic rings. The normalized spacial score (nSPS) is 17.8. The number of aromatic hydroxyl groups is 2. The van der Waals surface area contributed by atoms with E-state index in [1.807, 2.05) is 0 Å². The maximum Gasteiger partial charge on any atom is 0.326 e. The maximum absolute atomic E-state index is 11.9. The van der Waals surface area contributed by atoms with E-state index in [4.69, 9.17) is 0 Å². The van der Waals surface area contributed by atoms with Crippen LogP contribution < -0.4 is 18.1 Å². The van der Waals surface area contributed by atoms with Gasteiger partial charge in [-0.25, -0.2) is 34.9 Å². The Labute approximate surface area is 249 Å². The zero-order valence-corrected chi connectivity index (χ0v) is 26.6. The molecule has 238 valence electrons. The second-order valence-electron chi connectivity index (χ2n) is 9.71. The van der Waals surface area contributed by atoms with Crippen LogP contribution in [0.4, 0.5) is 11.4 Å². The van der Waals surface area contributed by atoms with Crippen LogP contribution in [0.15, 0.2) is 35.2 Å². The van der Waals surface area contributed by atoms with E-state index in [9.17, 15) is 53.5 Å². The molecule has 0 atom stereocenters. The SMILES string of the molecule is CC(C)S(=O)(=O)Cc1ccc(N2CC(=O)NS2(=O)=O)c(O)c1.CCS(=O)(=O)c1ccc(N2CC(=O)NS2(=O)=O)c(O)c1C. The smallest absolute Gasteiger partial charge is 0.326 e. The van der Waals surface area contributed by atoms with Gasteiger partial charge in [-0.2, -0.15) is 16.8 Å². The number of carbonyl (C=O) groups excluding carboxylic acids is 2. The summed E-state index contributed by atoms with van der Waals surface area (Å²) in [5.41, 5.74) is 0.166. The molecular formula is C23H30N4O12S4. The second-order valence-corrected chi connectivity index (χ2v) is 17.7. The highest BCUT2D eigenvalue weighted by Crippen LogP contribution is 2.37. The summed E-state index contributed by atoms with van der Waals surface area (Å²) in [6.07, 6.45) is 0. The third-order valence-electron chi connectivity index (χ3n) is 6.38. The van der Waals surface area contributed by atoms with Crippen molar-refractivity contribution in [1.82, 2.24) is 9.44 Å². The Hall–Kier alpha value is -3.62. The highest BCUT2D eigenvalue weighted by Gasteiger charge is 2.37. The van der Waals surface area contributed by atoms with Crippen LogP contribution in [0.5, 0.6) is 11.5 Å². The van der Waals surface area contributed by atoms with E-state index in [-0.39, 0.29) is 33.3 Å². The van der Waals surface area contributed by atoms with E-state index >= 15 is 0 Å². The standard InChI is InChI=1S/C12H16N2O6S2.C11H14N2O6S2/c1-8(2)21(17,18)7-9-3-4-10(11(15)5-9)14-6-12(16)13-22(14,19)20;1-3-20(16,17)9-5-4-8(11(15)7(9)2)13-6-10(14)12-21(13,18)19/h3-5,8,15H,6-7H2,1-2H3,(H,13,16);4-5,15H,3,6H2,1-2H3,(H,12,14). The molecule has 4 N–H and O–H groups in total. The molecule has 20 heteroatoms. The molecule has 2 aromatic rings. The van der Waals surface area contributed by atoms with Crippen LogP contribution >= 0.6 is 0 Å². The zero-order chi connectivity index (χ0) is 32.7. The van der Waals surface area contributed by atoms with Crippen molar-refractivity contribution < 1.29 is 53.5 Å². The van der Waals surface area contributed by atoms with E-state index in [2.05, 4.69) is 0 Å². The number of hydrogen-bond donors (Lipinski definition) is 4. The fraction of sp³-hybridized carbons (Fsp3) is 0.391. The van der Waals surface area contributed by atoms with Gasteiger partial charge < -0.3 is 10.2 Å². The van der Waals surface area contributed by atoms with Gasteiger partial charge in [0.1, 0.15) is 24.6 Å². The number of anilines is 2. The zero-order valence-electron chi connectivity index (χ0n) is 23.3.